The highest BCUT2D eigenvalue weighted by molar-refractivity contribution is 9.10. The molecule has 0 spiro atoms. The molecule has 0 unspecified atom stereocenters. The molecule has 2 N–H and O–H groups in total. The third-order valence-corrected chi connectivity index (χ3v) is 3.21. The molecular formula is C11H6BrCl2FN2O. The van der Waals surface area contributed by atoms with Crippen molar-refractivity contribution < 1.29 is 9.13 Å². The summed E-state index contributed by atoms with van der Waals surface area (Å²) in [5, 5.41) is 0.460. The Morgan fingerprint density at radius 2 is 1.94 bits per heavy atom. The number of aromatic nitrogens is 1. The summed E-state index contributed by atoms with van der Waals surface area (Å²) in [6, 6.07) is 5.59. The van der Waals surface area contributed by atoms with Crippen molar-refractivity contribution in [2.24, 2.45) is 0 Å². The number of benzene rings is 1. The highest BCUT2D eigenvalue weighted by Crippen LogP contribution is 2.33. The van der Waals surface area contributed by atoms with Crippen LogP contribution < -0.4 is 10.5 Å². The van der Waals surface area contributed by atoms with Crippen LogP contribution in [0.2, 0.25) is 10.0 Å². The molecule has 0 amide bonds. The molecule has 1 aromatic carbocycles. The smallest absolute Gasteiger partial charge is 0.240 e. The Bertz CT molecular complexity index is 610. The molecule has 3 nitrogen and oxygen atoms in total. The molecule has 0 aliphatic carbocycles. The van der Waals surface area contributed by atoms with Crippen molar-refractivity contribution in [2.75, 3.05) is 5.73 Å². The minimum atomic E-state index is -0.392. The number of nitrogen functional groups attached to an aromatic ring is 1. The third kappa shape index (κ3) is 2.85. The average Bonchev–Trinajstić information content (AvgIpc) is 2.31. The van der Waals surface area contributed by atoms with Gasteiger partial charge in [-0.2, -0.15) is 4.98 Å². The molecule has 0 aliphatic heterocycles. The van der Waals surface area contributed by atoms with Gasteiger partial charge in [0.25, 0.3) is 0 Å². The standard InChI is InChI=1S/C11H6BrCl2FN2O/c12-6-3-5(1-2-9(6)15)18-11-8(14)4-7(13)10(16)17-11/h1-4H,(H2,16,17). The molecule has 0 saturated carbocycles. The van der Waals surface area contributed by atoms with Crippen molar-refractivity contribution in [1.29, 1.82) is 0 Å². The minimum absolute atomic E-state index is 0.108. The van der Waals surface area contributed by atoms with Crippen molar-refractivity contribution >= 4 is 44.9 Å². The average molecular weight is 352 g/mol. The Morgan fingerprint density at radius 1 is 1.22 bits per heavy atom. The van der Waals surface area contributed by atoms with Gasteiger partial charge in [0.15, 0.2) is 0 Å². The van der Waals surface area contributed by atoms with E-state index in [-0.39, 0.29) is 26.2 Å². The van der Waals surface area contributed by atoms with Crippen LogP contribution in [0.1, 0.15) is 0 Å². The van der Waals surface area contributed by atoms with E-state index in [1.807, 2.05) is 0 Å². The van der Waals surface area contributed by atoms with Crippen LogP contribution in [0.4, 0.5) is 10.2 Å². The van der Waals surface area contributed by atoms with E-state index in [0.29, 0.717) is 5.75 Å². The van der Waals surface area contributed by atoms with E-state index in [0.717, 1.165) is 0 Å². The molecule has 94 valence electrons. The van der Waals surface area contributed by atoms with Crippen LogP contribution in [0.25, 0.3) is 0 Å². The minimum Gasteiger partial charge on any atom is -0.437 e. The van der Waals surface area contributed by atoms with Gasteiger partial charge in [-0.1, -0.05) is 23.2 Å². The molecule has 0 fully saturated rings. The molecule has 0 aliphatic rings. The molecular weight excluding hydrogens is 346 g/mol. The molecule has 2 rings (SSSR count). The number of nitrogens with zero attached hydrogens (tertiary/aromatic N) is 1. The fraction of sp³-hybridized carbons (Fsp3) is 0. The quantitative estimate of drug-likeness (QED) is 0.855. The maximum absolute atomic E-state index is 13.1. The Hall–Kier alpha value is -1.04. The zero-order valence-electron chi connectivity index (χ0n) is 8.75. The summed E-state index contributed by atoms with van der Waals surface area (Å²) in [5.41, 5.74) is 5.55. The first kappa shape index (κ1) is 13.4. The lowest BCUT2D eigenvalue weighted by Crippen LogP contribution is -1.96. The summed E-state index contributed by atoms with van der Waals surface area (Å²) >= 11 is 14.7. The largest absolute Gasteiger partial charge is 0.437 e. The van der Waals surface area contributed by atoms with E-state index in [1.54, 1.807) is 0 Å². The van der Waals surface area contributed by atoms with E-state index in [9.17, 15) is 4.39 Å². The van der Waals surface area contributed by atoms with Crippen molar-refractivity contribution in [1.82, 2.24) is 4.98 Å². The maximum Gasteiger partial charge on any atom is 0.240 e. The molecule has 7 heteroatoms. The third-order valence-electron chi connectivity index (χ3n) is 2.03. The summed E-state index contributed by atoms with van der Waals surface area (Å²) in [6.45, 7) is 0. The van der Waals surface area contributed by atoms with Crippen LogP contribution in [0, 0.1) is 5.82 Å². The molecule has 1 heterocycles. The summed E-state index contributed by atoms with van der Waals surface area (Å²) < 4.78 is 18.7. The zero-order chi connectivity index (χ0) is 13.3. The van der Waals surface area contributed by atoms with Crippen molar-refractivity contribution in [3.05, 3.63) is 44.6 Å². The Balaban J connectivity index is 2.34. The van der Waals surface area contributed by atoms with Gasteiger partial charge in [0.2, 0.25) is 5.88 Å². The normalized spacial score (nSPS) is 10.4. The second-order valence-electron chi connectivity index (χ2n) is 3.32. The number of hydrogen-bond donors (Lipinski definition) is 1. The lowest BCUT2D eigenvalue weighted by Gasteiger charge is -2.08. The van der Waals surface area contributed by atoms with E-state index in [2.05, 4.69) is 20.9 Å². The number of pyridine rings is 1. The highest BCUT2D eigenvalue weighted by atomic mass is 79.9. The summed E-state index contributed by atoms with van der Waals surface area (Å²) in [4.78, 5) is 3.90. The predicted molar refractivity (Wildman–Crippen MR) is 72.8 cm³/mol. The van der Waals surface area contributed by atoms with Crippen LogP contribution in [0.5, 0.6) is 11.6 Å². The Labute approximate surface area is 121 Å². The van der Waals surface area contributed by atoms with Crippen LogP contribution in [0.15, 0.2) is 28.7 Å². The molecule has 0 saturated heterocycles. The fourth-order valence-corrected chi connectivity index (χ4v) is 1.94. The van der Waals surface area contributed by atoms with Crippen molar-refractivity contribution in [3.8, 4) is 11.6 Å². The lowest BCUT2D eigenvalue weighted by atomic mass is 10.3. The van der Waals surface area contributed by atoms with Gasteiger partial charge in [0.05, 0.1) is 9.50 Å². The van der Waals surface area contributed by atoms with Gasteiger partial charge in [-0.05, 0) is 40.2 Å². The van der Waals surface area contributed by atoms with Crippen LogP contribution >= 0.6 is 39.1 Å². The second-order valence-corrected chi connectivity index (χ2v) is 4.99. The van der Waals surface area contributed by atoms with Gasteiger partial charge < -0.3 is 10.5 Å². The van der Waals surface area contributed by atoms with Gasteiger partial charge in [-0.25, -0.2) is 4.39 Å². The number of hydrogen-bond acceptors (Lipinski definition) is 3. The Kier molecular flexibility index (Phi) is 3.94. The predicted octanol–water partition coefficient (Wildman–Crippen LogP) is 4.66. The van der Waals surface area contributed by atoms with Gasteiger partial charge in [0.1, 0.15) is 22.4 Å². The van der Waals surface area contributed by atoms with Crippen LogP contribution in [0.3, 0.4) is 0 Å². The highest BCUT2D eigenvalue weighted by Gasteiger charge is 2.10. The first-order valence-corrected chi connectivity index (χ1v) is 6.26. The fourth-order valence-electron chi connectivity index (χ4n) is 1.19. The van der Waals surface area contributed by atoms with E-state index in [1.165, 1.54) is 24.3 Å². The number of ether oxygens (including phenoxy) is 1. The first-order chi connectivity index (χ1) is 8.47. The number of halogens is 4. The summed E-state index contributed by atoms with van der Waals surface area (Å²) in [5.74, 6) is 0.200. The van der Waals surface area contributed by atoms with E-state index < -0.39 is 5.82 Å². The van der Waals surface area contributed by atoms with Gasteiger partial charge in [-0.15, -0.1) is 0 Å². The van der Waals surface area contributed by atoms with Gasteiger partial charge >= 0.3 is 0 Å². The van der Waals surface area contributed by atoms with Gasteiger partial charge in [-0.3, -0.25) is 0 Å². The molecule has 18 heavy (non-hydrogen) atoms. The Morgan fingerprint density at radius 3 is 2.61 bits per heavy atom. The van der Waals surface area contributed by atoms with Crippen molar-refractivity contribution in [3.63, 3.8) is 0 Å². The van der Waals surface area contributed by atoms with Gasteiger partial charge in [0, 0.05) is 0 Å². The molecule has 0 atom stereocenters. The number of nitrogens with two attached hydrogens (primary N) is 1. The molecule has 0 bridgehead atoms. The number of anilines is 1. The van der Waals surface area contributed by atoms with E-state index in [4.69, 9.17) is 33.7 Å². The second kappa shape index (κ2) is 5.30. The molecule has 2 aromatic rings. The number of rotatable bonds is 2. The molecule has 0 radical (unpaired) electrons. The van der Waals surface area contributed by atoms with Crippen LogP contribution in [-0.4, -0.2) is 4.98 Å². The summed E-state index contributed by atoms with van der Waals surface area (Å²) in [7, 11) is 0. The van der Waals surface area contributed by atoms with Crippen LogP contribution in [-0.2, 0) is 0 Å². The lowest BCUT2D eigenvalue weighted by molar-refractivity contribution is 0.462. The SMILES string of the molecule is Nc1nc(Oc2ccc(F)c(Br)c2)c(Cl)cc1Cl. The monoisotopic (exact) mass is 350 g/mol. The maximum atomic E-state index is 13.1. The molecule has 1 aromatic heterocycles. The first-order valence-electron chi connectivity index (χ1n) is 4.72. The topological polar surface area (TPSA) is 48.1 Å². The zero-order valence-corrected chi connectivity index (χ0v) is 11.9. The summed E-state index contributed by atoms with van der Waals surface area (Å²) in [6.07, 6.45) is 0. The van der Waals surface area contributed by atoms with E-state index >= 15 is 0 Å². The van der Waals surface area contributed by atoms with Crippen molar-refractivity contribution in [2.45, 2.75) is 0 Å².